The molecule has 0 heterocycles. The van der Waals surface area contributed by atoms with Gasteiger partial charge in [-0.3, -0.25) is 4.79 Å². The number of carboxylic acid groups (broad SMARTS) is 1. The van der Waals surface area contributed by atoms with E-state index in [-0.39, 0.29) is 5.92 Å². The Bertz CT molecular complexity index is 350. The Morgan fingerprint density at radius 2 is 2.06 bits per heavy atom. The quantitative estimate of drug-likeness (QED) is 0.872. The molecular formula is C13H16O2S. The first kappa shape index (κ1) is 11.5. The fourth-order valence-corrected chi connectivity index (χ4v) is 3.60. The van der Waals surface area contributed by atoms with Crippen LogP contribution in [0.1, 0.15) is 24.8 Å². The summed E-state index contributed by atoms with van der Waals surface area (Å²) in [5, 5.41) is 9.37. The van der Waals surface area contributed by atoms with Gasteiger partial charge in [-0.15, -0.1) is 0 Å². The summed E-state index contributed by atoms with van der Waals surface area (Å²) in [6.07, 6.45) is 2.96. The first-order valence-electron chi connectivity index (χ1n) is 5.65. The maximum Gasteiger partial charge on any atom is 0.307 e. The highest BCUT2D eigenvalue weighted by molar-refractivity contribution is 7.99. The Kier molecular flexibility index (Phi) is 3.88. The van der Waals surface area contributed by atoms with E-state index in [9.17, 15) is 4.79 Å². The predicted octanol–water partition coefficient (Wildman–Crippen LogP) is 3.17. The SMILES string of the molecule is O=C(O)C1CCCC1SCc1ccccc1. The zero-order valence-electron chi connectivity index (χ0n) is 9.13. The van der Waals surface area contributed by atoms with E-state index in [0.29, 0.717) is 5.25 Å². The van der Waals surface area contributed by atoms with Gasteiger partial charge in [0, 0.05) is 11.0 Å². The highest BCUT2D eigenvalue weighted by Gasteiger charge is 2.32. The molecule has 0 saturated heterocycles. The van der Waals surface area contributed by atoms with E-state index in [0.717, 1.165) is 25.0 Å². The van der Waals surface area contributed by atoms with Crippen molar-refractivity contribution in [3.63, 3.8) is 0 Å². The van der Waals surface area contributed by atoms with E-state index >= 15 is 0 Å². The Hall–Kier alpha value is -0.960. The van der Waals surface area contributed by atoms with E-state index in [1.807, 2.05) is 18.2 Å². The second-order valence-corrected chi connectivity index (χ2v) is 5.44. The van der Waals surface area contributed by atoms with Crippen LogP contribution in [0, 0.1) is 5.92 Å². The molecule has 1 N–H and O–H groups in total. The second-order valence-electron chi connectivity index (χ2n) is 4.21. The van der Waals surface area contributed by atoms with E-state index < -0.39 is 5.97 Å². The van der Waals surface area contributed by atoms with Crippen LogP contribution < -0.4 is 0 Å². The van der Waals surface area contributed by atoms with Gasteiger partial charge >= 0.3 is 5.97 Å². The molecule has 1 aromatic carbocycles. The van der Waals surface area contributed by atoms with Crippen LogP contribution >= 0.6 is 11.8 Å². The van der Waals surface area contributed by atoms with Crippen molar-refractivity contribution in [3.05, 3.63) is 35.9 Å². The molecule has 2 nitrogen and oxygen atoms in total. The number of aliphatic carboxylic acids is 1. The lowest BCUT2D eigenvalue weighted by atomic mass is 10.1. The zero-order chi connectivity index (χ0) is 11.4. The van der Waals surface area contributed by atoms with Crippen molar-refractivity contribution in [1.29, 1.82) is 0 Å². The predicted molar refractivity (Wildman–Crippen MR) is 66.5 cm³/mol. The minimum atomic E-state index is -0.622. The summed E-state index contributed by atoms with van der Waals surface area (Å²) in [4.78, 5) is 11.0. The number of thioether (sulfide) groups is 1. The van der Waals surface area contributed by atoms with Crippen molar-refractivity contribution in [2.24, 2.45) is 5.92 Å². The molecule has 1 fully saturated rings. The van der Waals surface area contributed by atoms with Crippen LogP contribution in [-0.2, 0) is 10.5 Å². The summed E-state index contributed by atoms with van der Waals surface area (Å²) >= 11 is 1.79. The van der Waals surface area contributed by atoms with Gasteiger partial charge in [0.25, 0.3) is 0 Å². The maximum atomic E-state index is 11.0. The summed E-state index contributed by atoms with van der Waals surface area (Å²) < 4.78 is 0. The highest BCUT2D eigenvalue weighted by atomic mass is 32.2. The van der Waals surface area contributed by atoms with E-state index in [2.05, 4.69) is 12.1 Å². The third-order valence-corrected chi connectivity index (χ3v) is 4.57. The van der Waals surface area contributed by atoms with Gasteiger partial charge < -0.3 is 5.11 Å². The average Bonchev–Trinajstić information content (AvgIpc) is 2.76. The normalized spacial score (nSPS) is 24.5. The first-order valence-corrected chi connectivity index (χ1v) is 6.70. The fourth-order valence-electron chi connectivity index (χ4n) is 2.19. The Morgan fingerprint density at radius 1 is 1.31 bits per heavy atom. The van der Waals surface area contributed by atoms with Crippen molar-refractivity contribution < 1.29 is 9.90 Å². The third-order valence-electron chi connectivity index (χ3n) is 3.08. The van der Waals surface area contributed by atoms with Gasteiger partial charge in [-0.1, -0.05) is 36.8 Å². The summed E-state index contributed by atoms with van der Waals surface area (Å²) in [6.45, 7) is 0. The van der Waals surface area contributed by atoms with Crippen LogP contribution in [0.4, 0.5) is 0 Å². The van der Waals surface area contributed by atoms with Crippen molar-refractivity contribution >= 4 is 17.7 Å². The van der Waals surface area contributed by atoms with E-state index in [1.165, 1.54) is 5.56 Å². The third kappa shape index (κ3) is 2.79. The number of carbonyl (C=O) groups is 1. The number of hydrogen-bond acceptors (Lipinski definition) is 2. The smallest absolute Gasteiger partial charge is 0.307 e. The lowest BCUT2D eigenvalue weighted by molar-refractivity contribution is -0.141. The van der Waals surface area contributed by atoms with Crippen LogP contribution in [-0.4, -0.2) is 16.3 Å². The van der Waals surface area contributed by atoms with Crippen molar-refractivity contribution in [1.82, 2.24) is 0 Å². The Labute approximate surface area is 100 Å². The second kappa shape index (κ2) is 5.39. The number of carboxylic acids is 1. The first-order chi connectivity index (χ1) is 7.77. The molecule has 0 amide bonds. The number of benzene rings is 1. The monoisotopic (exact) mass is 236 g/mol. The van der Waals surface area contributed by atoms with Gasteiger partial charge in [0.15, 0.2) is 0 Å². The minimum absolute atomic E-state index is 0.131. The summed E-state index contributed by atoms with van der Waals surface area (Å²) in [5.74, 6) is 0.173. The fraction of sp³-hybridized carbons (Fsp3) is 0.462. The van der Waals surface area contributed by atoms with Crippen LogP contribution in [0.3, 0.4) is 0 Å². The molecule has 2 rings (SSSR count). The van der Waals surface area contributed by atoms with Crippen LogP contribution in [0.25, 0.3) is 0 Å². The molecule has 2 atom stereocenters. The average molecular weight is 236 g/mol. The zero-order valence-corrected chi connectivity index (χ0v) is 9.95. The van der Waals surface area contributed by atoms with Crippen molar-refractivity contribution in [2.75, 3.05) is 0 Å². The summed E-state index contributed by atoms with van der Waals surface area (Å²) in [6, 6.07) is 10.2. The maximum absolute atomic E-state index is 11.0. The molecule has 0 aromatic heterocycles. The molecular weight excluding hydrogens is 220 g/mol. The van der Waals surface area contributed by atoms with Crippen LogP contribution in [0.5, 0.6) is 0 Å². The lowest BCUT2D eigenvalue weighted by Crippen LogP contribution is -2.20. The molecule has 3 heteroatoms. The Balaban J connectivity index is 1.88. The highest BCUT2D eigenvalue weighted by Crippen LogP contribution is 2.36. The number of hydrogen-bond donors (Lipinski definition) is 1. The van der Waals surface area contributed by atoms with E-state index in [4.69, 9.17) is 5.11 Å². The molecule has 1 aliphatic rings. The molecule has 1 saturated carbocycles. The van der Waals surface area contributed by atoms with Gasteiger partial charge in [0.05, 0.1) is 5.92 Å². The van der Waals surface area contributed by atoms with E-state index in [1.54, 1.807) is 11.8 Å². The van der Waals surface area contributed by atoms with Gasteiger partial charge in [-0.25, -0.2) is 0 Å². The minimum Gasteiger partial charge on any atom is -0.481 e. The Morgan fingerprint density at radius 3 is 2.75 bits per heavy atom. The van der Waals surface area contributed by atoms with Crippen molar-refractivity contribution in [2.45, 2.75) is 30.3 Å². The molecule has 2 unspecified atom stereocenters. The van der Waals surface area contributed by atoms with Crippen molar-refractivity contribution in [3.8, 4) is 0 Å². The van der Waals surface area contributed by atoms with Gasteiger partial charge in [-0.2, -0.15) is 11.8 Å². The lowest BCUT2D eigenvalue weighted by Gasteiger charge is -2.14. The molecule has 0 bridgehead atoms. The molecule has 0 aliphatic heterocycles. The van der Waals surface area contributed by atoms with Gasteiger partial charge in [0.1, 0.15) is 0 Å². The largest absolute Gasteiger partial charge is 0.481 e. The topological polar surface area (TPSA) is 37.3 Å². The van der Waals surface area contributed by atoms with Crippen LogP contribution in [0.2, 0.25) is 0 Å². The molecule has 0 spiro atoms. The standard InChI is InChI=1S/C13H16O2S/c14-13(15)11-7-4-8-12(11)16-9-10-5-2-1-3-6-10/h1-3,5-6,11-12H,4,7-9H2,(H,14,15). The summed E-state index contributed by atoms with van der Waals surface area (Å²) in [5.41, 5.74) is 1.28. The van der Waals surface area contributed by atoms with Gasteiger partial charge in [0.2, 0.25) is 0 Å². The number of rotatable bonds is 4. The summed E-state index contributed by atoms with van der Waals surface area (Å²) in [7, 11) is 0. The molecule has 1 aliphatic carbocycles. The molecule has 1 aromatic rings. The van der Waals surface area contributed by atoms with Crippen LogP contribution in [0.15, 0.2) is 30.3 Å². The molecule has 16 heavy (non-hydrogen) atoms. The molecule has 0 radical (unpaired) electrons. The molecule has 86 valence electrons. The van der Waals surface area contributed by atoms with Gasteiger partial charge in [-0.05, 0) is 18.4 Å².